The molecule has 10 heteroatoms. The zero-order chi connectivity index (χ0) is 20.0. The summed E-state index contributed by atoms with van der Waals surface area (Å²) in [6.07, 6.45) is 8.51. The summed E-state index contributed by atoms with van der Waals surface area (Å²) in [5.74, 6) is 0.722. The lowest BCUT2D eigenvalue weighted by atomic mass is 9.92. The standard InChI is InChI=1S/C19H28N8S2/c1-4-20-10-27(14-7-8-21-25-14)19-24-17-16(29-19)23-18(28-17)26(3)13-9-12-6-5-11(2)15(13)22-12/h8,10-15,22,25H,4-7,9H2,1-3H3/t11-,12+,13+,14?,15?/m0/s1. The normalized spacial score (nSPS) is 31.1. The van der Waals surface area contributed by atoms with Crippen LogP contribution in [0.5, 0.6) is 0 Å². The van der Waals surface area contributed by atoms with Crippen LogP contribution in [0.1, 0.15) is 39.5 Å². The molecule has 2 bridgehead atoms. The fraction of sp³-hybridized carbons (Fsp3) is 0.684. The van der Waals surface area contributed by atoms with Gasteiger partial charge in [-0.3, -0.25) is 15.3 Å². The smallest absolute Gasteiger partial charge is 0.195 e. The maximum atomic E-state index is 4.96. The molecule has 2 fully saturated rings. The van der Waals surface area contributed by atoms with Gasteiger partial charge >= 0.3 is 0 Å². The highest BCUT2D eigenvalue weighted by Crippen LogP contribution is 2.40. The molecule has 3 aliphatic rings. The summed E-state index contributed by atoms with van der Waals surface area (Å²) in [4.78, 5) is 20.7. The number of rotatable bonds is 6. The van der Waals surface area contributed by atoms with Gasteiger partial charge in [0, 0.05) is 44.4 Å². The third-order valence-electron chi connectivity index (χ3n) is 6.29. The molecule has 5 heterocycles. The van der Waals surface area contributed by atoms with Gasteiger partial charge < -0.3 is 10.2 Å². The van der Waals surface area contributed by atoms with Gasteiger partial charge in [-0.05, 0) is 32.1 Å². The van der Waals surface area contributed by atoms with Crippen molar-refractivity contribution in [3.63, 3.8) is 0 Å². The number of thiazole rings is 2. The fourth-order valence-electron chi connectivity index (χ4n) is 4.65. The van der Waals surface area contributed by atoms with Crippen molar-refractivity contribution in [2.75, 3.05) is 23.4 Å². The number of nitrogens with one attached hydrogen (secondary N) is 2. The molecule has 0 amide bonds. The molecule has 0 aliphatic carbocycles. The monoisotopic (exact) mass is 432 g/mol. The van der Waals surface area contributed by atoms with Crippen molar-refractivity contribution in [3.05, 3.63) is 0 Å². The third kappa shape index (κ3) is 3.51. The number of piperidine rings is 1. The summed E-state index contributed by atoms with van der Waals surface area (Å²) in [6, 6.07) is 1.76. The molecular weight excluding hydrogens is 404 g/mol. The summed E-state index contributed by atoms with van der Waals surface area (Å²) < 4.78 is 0. The Morgan fingerprint density at radius 2 is 2.03 bits per heavy atom. The van der Waals surface area contributed by atoms with Crippen LogP contribution < -0.4 is 20.5 Å². The average Bonchev–Trinajstić information content (AvgIpc) is 3.48. The van der Waals surface area contributed by atoms with Crippen molar-refractivity contribution in [3.8, 4) is 0 Å². The first-order valence-corrected chi connectivity index (χ1v) is 12.1. The number of hydrogen-bond acceptors (Lipinski definition) is 9. The molecule has 0 radical (unpaired) electrons. The number of aliphatic imine (C=N–C) groups is 1. The zero-order valence-electron chi connectivity index (χ0n) is 17.1. The molecule has 0 saturated carbocycles. The second-order valence-corrected chi connectivity index (χ2v) is 10.1. The minimum Gasteiger partial charge on any atom is -0.346 e. The number of likely N-dealkylation sites (N-methyl/N-ethyl adjacent to an activating group) is 1. The molecule has 2 aromatic rings. The van der Waals surface area contributed by atoms with E-state index in [0.717, 1.165) is 38.8 Å². The topological polar surface area (TPSA) is 81.0 Å². The second-order valence-electron chi connectivity index (χ2n) is 8.17. The van der Waals surface area contributed by atoms with Crippen molar-refractivity contribution in [2.45, 2.75) is 63.8 Å². The van der Waals surface area contributed by atoms with Gasteiger partial charge in [-0.15, -0.1) is 0 Å². The van der Waals surface area contributed by atoms with Crippen molar-refractivity contribution in [1.82, 2.24) is 20.7 Å². The third-order valence-corrected chi connectivity index (χ3v) is 8.43. The van der Waals surface area contributed by atoms with Gasteiger partial charge in [-0.25, -0.2) is 9.97 Å². The van der Waals surface area contributed by atoms with Gasteiger partial charge in [0.05, 0.1) is 6.34 Å². The van der Waals surface area contributed by atoms with E-state index in [1.165, 1.54) is 19.3 Å². The quantitative estimate of drug-likeness (QED) is 0.540. The maximum Gasteiger partial charge on any atom is 0.195 e. The predicted molar refractivity (Wildman–Crippen MR) is 123 cm³/mol. The summed E-state index contributed by atoms with van der Waals surface area (Å²) >= 11 is 3.32. The van der Waals surface area contributed by atoms with E-state index in [0.29, 0.717) is 18.1 Å². The number of hydrazone groups is 1. The van der Waals surface area contributed by atoms with E-state index in [1.807, 2.05) is 19.5 Å². The van der Waals surface area contributed by atoms with Crippen LogP contribution in [-0.4, -0.2) is 60.4 Å². The number of hydrogen-bond donors (Lipinski definition) is 2. The Bertz CT molecular complexity index is 881. The molecule has 2 unspecified atom stereocenters. The van der Waals surface area contributed by atoms with E-state index in [4.69, 9.17) is 9.97 Å². The Hall–Kier alpha value is -1.78. The van der Waals surface area contributed by atoms with Crippen LogP contribution in [0.4, 0.5) is 10.3 Å². The predicted octanol–water partition coefficient (Wildman–Crippen LogP) is 2.88. The van der Waals surface area contributed by atoms with Gasteiger partial charge in [0.1, 0.15) is 6.17 Å². The molecule has 8 nitrogen and oxygen atoms in total. The Labute approximate surface area is 179 Å². The average molecular weight is 433 g/mol. The fourth-order valence-corrected chi connectivity index (χ4v) is 6.73. The molecule has 2 aromatic heterocycles. The molecule has 2 N–H and O–H groups in total. The highest BCUT2D eigenvalue weighted by atomic mass is 32.1. The highest BCUT2D eigenvalue weighted by molar-refractivity contribution is 7.30. The molecule has 156 valence electrons. The molecule has 0 aromatic carbocycles. The Morgan fingerprint density at radius 1 is 1.24 bits per heavy atom. The molecule has 5 rings (SSSR count). The number of nitrogens with zero attached hydrogens (tertiary/aromatic N) is 6. The number of aromatic nitrogens is 2. The Balaban J connectivity index is 1.38. The lowest BCUT2D eigenvalue weighted by Gasteiger charge is -2.33. The molecule has 0 spiro atoms. The molecular formula is C19H28N8S2. The summed E-state index contributed by atoms with van der Waals surface area (Å²) in [5, 5.41) is 9.97. The van der Waals surface area contributed by atoms with Crippen LogP contribution in [0, 0.1) is 5.92 Å². The van der Waals surface area contributed by atoms with Gasteiger partial charge in [0.25, 0.3) is 0 Å². The first-order chi connectivity index (χ1) is 14.1. The molecule has 5 atom stereocenters. The van der Waals surface area contributed by atoms with Crippen LogP contribution in [0.25, 0.3) is 9.66 Å². The van der Waals surface area contributed by atoms with Crippen molar-refractivity contribution < 1.29 is 0 Å². The molecule has 2 saturated heterocycles. The van der Waals surface area contributed by atoms with Gasteiger partial charge in [-0.1, -0.05) is 29.6 Å². The van der Waals surface area contributed by atoms with Gasteiger partial charge in [-0.2, -0.15) is 5.10 Å². The Kier molecular flexibility index (Phi) is 5.17. The number of anilines is 2. The van der Waals surface area contributed by atoms with Crippen molar-refractivity contribution in [2.24, 2.45) is 16.0 Å². The molecule has 3 aliphatic heterocycles. The maximum absolute atomic E-state index is 4.96. The van der Waals surface area contributed by atoms with E-state index >= 15 is 0 Å². The SMILES string of the molecule is CCN=CN(c1nc2sc(N(C)[C@@H]3C[C@H]4CC[C@H](C)C3N4)nc2s1)C1CC=NN1. The minimum absolute atomic E-state index is 0.0676. The van der Waals surface area contributed by atoms with E-state index in [2.05, 4.69) is 44.6 Å². The van der Waals surface area contributed by atoms with Crippen LogP contribution in [0.2, 0.25) is 0 Å². The first-order valence-electron chi connectivity index (χ1n) is 10.5. The summed E-state index contributed by atoms with van der Waals surface area (Å²) in [7, 11) is 2.20. The van der Waals surface area contributed by atoms with Crippen molar-refractivity contribution in [1.29, 1.82) is 0 Å². The van der Waals surface area contributed by atoms with E-state index in [-0.39, 0.29) is 6.17 Å². The zero-order valence-corrected chi connectivity index (χ0v) is 18.7. The van der Waals surface area contributed by atoms with Crippen LogP contribution in [0.15, 0.2) is 10.1 Å². The second kappa shape index (κ2) is 7.81. The number of fused-ring (bicyclic) bond motifs is 3. The summed E-state index contributed by atoms with van der Waals surface area (Å²) in [6.45, 7) is 5.15. The largest absolute Gasteiger partial charge is 0.346 e. The first kappa shape index (κ1) is 19.2. The van der Waals surface area contributed by atoms with Crippen LogP contribution in [0.3, 0.4) is 0 Å². The lowest BCUT2D eigenvalue weighted by molar-refractivity contribution is 0.299. The van der Waals surface area contributed by atoms with E-state index < -0.39 is 0 Å². The summed E-state index contributed by atoms with van der Waals surface area (Å²) in [5.41, 5.74) is 3.13. The van der Waals surface area contributed by atoms with Crippen LogP contribution >= 0.6 is 22.7 Å². The Morgan fingerprint density at radius 3 is 2.79 bits per heavy atom. The van der Waals surface area contributed by atoms with Gasteiger partial charge in [0.15, 0.2) is 19.9 Å². The van der Waals surface area contributed by atoms with Crippen LogP contribution in [-0.2, 0) is 0 Å². The van der Waals surface area contributed by atoms with E-state index in [1.54, 1.807) is 22.7 Å². The van der Waals surface area contributed by atoms with E-state index in [9.17, 15) is 0 Å². The van der Waals surface area contributed by atoms with Gasteiger partial charge in [0.2, 0.25) is 0 Å². The molecule has 29 heavy (non-hydrogen) atoms. The lowest BCUT2D eigenvalue weighted by Crippen LogP contribution is -2.47. The highest BCUT2D eigenvalue weighted by Gasteiger charge is 2.43. The minimum atomic E-state index is 0.0676. The van der Waals surface area contributed by atoms with Crippen molar-refractivity contribution >= 4 is 55.2 Å².